The van der Waals surface area contributed by atoms with Gasteiger partial charge in [-0.05, 0) is 35.7 Å². The molecule has 126 valence electrons. The van der Waals surface area contributed by atoms with E-state index in [2.05, 4.69) is 24.3 Å². The van der Waals surface area contributed by atoms with Crippen molar-refractivity contribution in [3.05, 3.63) is 59.2 Å². The molecule has 4 heteroatoms. The number of methoxy groups -OCH3 is 2. The van der Waals surface area contributed by atoms with Crippen LogP contribution in [0.5, 0.6) is 11.5 Å². The molecule has 2 aliphatic heterocycles. The Morgan fingerprint density at radius 3 is 2.58 bits per heavy atom. The molecule has 2 aromatic rings. The van der Waals surface area contributed by atoms with Gasteiger partial charge in [-0.2, -0.15) is 0 Å². The number of rotatable bonds is 4. The number of hydrogen-bond acceptors (Lipinski definition) is 4. The highest BCUT2D eigenvalue weighted by molar-refractivity contribution is 5.43. The number of hydrogen-bond donors (Lipinski definition) is 0. The highest BCUT2D eigenvalue weighted by Gasteiger charge is 2.41. The van der Waals surface area contributed by atoms with Crippen LogP contribution in [0.2, 0.25) is 0 Å². The van der Waals surface area contributed by atoms with Crippen molar-refractivity contribution >= 4 is 0 Å². The number of fused-ring (bicyclic) bond motifs is 1. The van der Waals surface area contributed by atoms with Crippen LogP contribution in [0.25, 0.3) is 0 Å². The molecule has 0 unspecified atom stereocenters. The number of benzene rings is 2. The molecule has 0 aromatic heterocycles. The van der Waals surface area contributed by atoms with Crippen molar-refractivity contribution in [3.8, 4) is 11.5 Å². The lowest BCUT2D eigenvalue weighted by Gasteiger charge is -2.26. The zero-order chi connectivity index (χ0) is 16.5. The Morgan fingerprint density at radius 2 is 1.75 bits per heavy atom. The van der Waals surface area contributed by atoms with Gasteiger partial charge in [0.15, 0.2) is 0 Å². The minimum absolute atomic E-state index is 0.0498. The molecule has 1 saturated heterocycles. The second-order valence-electron chi connectivity index (χ2n) is 6.28. The van der Waals surface area contributed by atoms with Gasteiger partial charge in [-0.3, -0.25) is 0 Å². The van der Waals surface area contributed by atoms with Gasteiger partial charge >= 0.3 is 0 Å². The first-order valence-electron chi connectivity index (χ1n) is 8.34. The van der Waals surface area contributed by atoms with Gasteiger partial charge in [0, 0.05) is 18.1 Å². The zero-order valence-electron chi connectivity index (χ0n) is 14.0. The van der Waals surface area contributed by atoms with Gasteiger partial charge in [-0.1, -0.05) is 24.3 Å². The van der Waals surface area contributed by atoms with E-state index in [1.54, 1.807) is 14.2 Å². The smallest absolute Gasteiger partial charge is 0.124 e. The van der Waals surface area contributed by atoms with Gasteiger partial charge in [-0.25, -0.2) is 0 Å². The summed E-state index contributed by atoms with van der Waals surface area (Å²) < 4.78 is 23.2. The highest BCUT2D eigenvalue weighted by Crippen LogP contribution is 2.49. The average molecular weight is 326 g/mol. The second-order valence-corrected chi connectivity index (χ2v) is 6.28. The van der Waals surface area contributed by atoms with Crippen molar-refractivity contribution in [2.75, 3.05) is 20.8 Å². The number of ether oxygens (including phenoxy) is 4. The predicted molar refractivity (Wildman–Crippen MR) is 90.3 cm³/mol. The fourth-order valence-corrected chi connectivity index (χ4v) is 3.87. The second kappa shape index (κ2) is 6.46. The van der Waals surface area contributed by atoms with E-state index in [1.807, 2.05) is 18.2 Å². The Labute approximate surface area is 142 Å². The molecule has 0 saturated carbocycles. The SMILES string of the molecule is COc1ccc(OC)c([C@H]2OCC[C@@H]2[C@@H]2OCc3ccccc32)c1. The third-order valence-corrected chi connectivity index (χ3v) is 5.05. The summed E-state index contributed by atoms with van der Waals surface area (Å²) in [5, 5.41) is 0. The molecule has 1 fully saturated rings. The van der Waals surface area contributed by atoms with Crippen molar-refractivity contribution in [3.63, 3.8) is 0 Å². The molecule has 0 N–H and O–H groups in total. The third kappa shape index (κ3) is 2.56. The fraction of sp³-hybridized carbons (Fsp3) is 0.400. The monoisotopic (exact) mass is 326 g/mol. The van der Waals surface area contributed by atoms with E-state index in [0.29, 0.717) is 6.61 Å². The van der Waals surface area contributed by atoms with E-state index in [4.69, 9.17) is 18.9 Å². The molecule has 2 aliphatic rings. The minimum Gasteiger partial charge on any atom is -0.497 e. The molecular formula is C20H22O4. The maximum absolute atomic E-state index is 6.14. The molecule has 0 bridgehead atoms. The summed E-state index contributed by atoms with van der Waals surface area (Å²) >= 11 is 0. The van der Waals surface area contributed by atoms with Crippen LogP contribution in [0.3, 0.4) is 0 Å². The van der Waals surface area contributed by atoms with Crippen molar-refractivity contribution in [2.45, 2.75) is 25.2 Å². The van der Waals surface area contributed by atoms with Crippen LogP contribution >= 0.6 is 0 Å². The van der Waals surface area contributed by atoms with Crippen LogP contribution in [0.4, 0.5) is 0 Å². The predicted octanol–water partition coefficient (Wildman–Crippen LogP) is 4.05. The molecule has 3 atom stereocenters. The molecule has 24 heavy (non-hydrogen) atoms. The summed E-state index contributed by atoms with van der Waals surface area (Å²) in [5.41, 5.74) is 3.61. The lowest BCUT2D eigenvalue weighted by atomic mass is 9.86. The van der Waals surface area contributed by atoms with Gasteiger partial charge in [0.25, 0.3) is 0 Å². The van der Waals surface area contributed by atoms with Gasteiger partial charge < -0.3 is 18.9 Å². The van der Waals surface area contributed by atoms with Crippen molar-refractivity contribution in [1.82, 2.24) is 0 Å². The molecule has 2 aromatic carbocycles. The molecule has 4 rings (SSSR count). The largest absolute Gasteiger partial charge is 0.497 e. The first kappa shape index (κ1) is 15.5. The summed E-state index contributed by atoms with van der Waals surface area (Å²) in [6.07, 6.45) is 1.00. The van der Waals surface area contributed by atoms with Crippen LogP contribution in [-0.2, 0) is 16.1 Å². The third-order valence-electron chi connectivity index (χ3n) is 5.05. The summed E-state index contributed by atoms with van der Waals surface area (Å²) in [6.45, 7) is 1.41. The normalized spacial score (nSPS) is 25.5. The van der Waals surface area contributed by atoms with Crippen molar-refractivity contribution < 1.29 is 18.9 Å². The minimum atomic E-state index is -0.0498. The topological polar surface area (TPSA) is 36.9 Å². The average Bonchev–Trinajstić information content (AvgIpc) is 3.27. The Kier molecular flexibility index (Phi) is 4.17. The van der Waals surface area contributed by atoms with E-state index >= 15 is 0 Å². The van der Waals surface area contributed by atoms with E-state index < -0.39 is 0 Å². The van der Waals surface area contributed by atoms with Gasteiger partial charge in [0.05, 0.1) is 33.0 Å². The van der Waals surface area contributed by atoms with Crippen molar-refractivity contribution in [2.24, 2.45) is 5.92 Å². The summed E-state index contributed by atoms with van der Waals surface area (Å²) in [6, 6.07) is 14.3. The Balaban J connectivity index is 1.69. The maximum Gasteiger partial charge on any atom is 0.124 e. The lowest BCUT2D eigenvalue weighted by molar-refractivity contribution is -0.0122. The summed E-state index contributed by atoms with van der Waals surface area (Å²) in [7, 11) is 3.37. The Morgan fingerprint density at radius 1 is 0.917 bits per heavy atom. The van der Waals surface area contributed by atoms with Gasteiger partial charge in [-0.15, -0.1) is 0 Å². The zero-order valence-corrected chi connectivity index (χ0v) is 14.0. The Bertz CT molecular complexity index is 727. The summed E-state index contributed by atoms with van der Waals surface area (Å²) in [4.78, 5) is 0. The van der Waals surface area contributed by atoms with Crippen molar-refractivity contribution in [1.29, 1.82) is 0 Å². The summed E-state index contributed by atoms with van der Waals surface area (Å²) in [5.74, 6) is 1.92. The lowest BCUT2D eigenvalue weighted by Crippen LogP contribution is -2.17. The molecule has 0 radical (unpaired) electrons. The Hall–Kier alpha value is -2.04. The fourth-order valence-electron chi connectivity index (χ4n) is 3.87. The molecule has 2 heterocycles. The van der Waals surface area contributed by atoms with Crippen LogP contribution in [0.1, 0.15) is 35.3 Å². The van der Waals surface area contributed by atoms with E-state index in [1.165, 1.54) is 11.1 Å². The first-order valence-corrected chi connectivity index (χ1v) is 8.34. The molecular weight excluding hydrogens is 304 g/mol. The standard InChI is InChI=1S/C20H22O4/c1-21-14-7-8-18(22-2)17(11-14)20-16(9-10-23-20)19-15-6-4-3-5-13(15)12-24-19/h3-8,11,16,19-20H,9-10,12H2,1-2H3/t16-,19-,20+/m1/s1. The first-order chi connectivity index (χ1) is 11.8. The van der Waals surface area contributed by atoms with E-state index in [-0.39, 0.29) is 18.1 Å². The van der Waals surface area contributed by atoms with Crippen LogP contribution < -0.4 is 9.47 Å². The van der Waals surface area contributed by atoms with E-state index in [0.717, 1.165) is 30.1 Å². The molecule has 4 nitrogen and oxygen atoms in total. The van der Waals surface area contributed by atoms with Gasteiger partial charge in [0.2, 0.25) is 0 Å². The van der Waals surface area contributed by atoms with E-state index in [9.17, 15) is 0 Å². The van der Waals surface area contributed by atoms with Crippen LogP contribution in [-0.4, -0.2) is 20.8 Å². The van der Waals surface area contributed by atoms with Gasteiger partial charge in [0.1, 0.15) is 11.5 Å². The maximum atomic E-state index is 6.14. The van der Waals surface area contributed by atoms with Crippen LogP contribution in [0, 0.1) is 5.92 Å². The molecule has 0 spiro atoms. The molecule has 0 aliphatic carbocycles. The van der Waals surface area contributed by atoms with Crippen LogP contribution in [0.15, 0.2) is 42.5 Å². The highest BCUT2D eigenvalue weighted by atomic mass is 16.5. The molecule has 0 amide bonds. The quantitative estimate of drug-likeness (QED) is 0.849.